The second-order valence-electron chi connectivity index (χ2n) is 17.7. The molecule has 9 rings (SSSR count). The first kappa shape index (κ1) is 43.2. The molecule has 64 heavy (non-hydrogen) atoms. The van der Waals surface area contributed by atoms with Gasteiger partial charge < -0.3 is 34.6 Å². The van der Waals surface area contributed by atoms with Gasteiger partial charge in [0, 0.05) is 45.9 Å². The average molecular weight is 903 g/mol. The maximum Gasteiger partial charge on any atom is 0.288 e. The first-order valence-electron chi connectivity index (χ1n) is 21.4. The minimum absolute atomic E-state index is 0.0306. The summed E-state index contributed by atoms with van der Waals surface area (Å²) in [5.74, 6) is 0.657. The first-order valence-corrected chi connectivity index (χ1v) is 23.3. The lowest BCUT2D eigenvalue weighted by Gasteiger charge is -2.27. The predicted octanol–water partition coefficient (Wildman–Crippen LogP) is 8.32. The highest BCUT2D eigenvalue weighted by molar-refractivity contribution is 7.86. The highest BCUT2D eigenvalue weighted by atomic mass is 32.2. The molecule has 0 aliphatic carbocycles. The van der Waals surface area contributed by atoms with E-state index in [1.165, 1.54) is 10.5 Å². The number of hydrogen-bond acceptors (Lipinski definition) is 10. The molecule has 0 saturated carbocycles. The number of rotatable bonds is 12. The van der Waals surface area contributed by atoms with E-state index in [4.69, 9.17) is 14.2 Å². The van der Waals surface area contributed by atoms with Crippen LogP contribution in [0.25, 0.3) is 0 Å². The summed E-state index contributed by atoms with van der Waals surface area (Å²) in [6.45, 7) is 5.82. The van der Waals surface area contributed by atoms with Gasteiger partial charge in [0.25, 0.3) is 21.9 Å². The molecule has 13 nitrogen and oxygen atoms in total. The molecule has 3 atom stereocenters. The summed E-state index contributed by atoms with van der Waals surface area (Å²) in [7, 11) is -3.13. The molecule has 5 aromatic carbocycles. The van der Waals surface area contributed by atoms with Crippen molar-refractivity contribution < 1.29 is 41.6 Å². The second kappa shape index (κ2) is 16.8. The van der Waals surface area contributed by atoms with E-state index in [2.05, 4.69) is 29.3 Å². The van der Waals surface area contributed by atoms with Crippen LogP contribution < -0.4 is 34.6 Å². The van der Waals surface area contributed by atoms with Gasteiger partial charge in [0.1, 0.15) is 19.0 Å². The minimum atomic E-state index is -4.67. The summed E-state index contributed by atoms with van der Waals surface area (Å²) in [6, 6.07) is 26.9. The zero-order valence-corrected chi connectivity index (χ0v) is 37.7. The Kier molecular flexibility index (Phi) is 11.4. The summed E-state index contributed by atoms with van der Waals surface area (Å²) >= 11 is 4.58. The van der Waals surface area contributed by atoms with Crippen LogP contribution in [0.5, 0.6) is 17.2 Å². The lowest BCUT2D eigenvalue weighted by molar-refractivity contribution is -0.116. The largest absolute Gasteiger partial charge is 0.493 e. The van der Waals surface area contributed by atoms with Gasteiger partial charge in [-0.25, -0.2) is 0 Å². The fraction of sp³-hybridized carbons (Fsp3) is 0.327. The van der Waals surface area contributed by atoms with Gasteiger partial charge in [-0.3, -0.25) is 18.9 Å². The number of nitrogens with one attached hydrogen (secondary N) is 2. The number of thiol groups is 1. The molecule has 0 bridgehead atoms. The van der Waals surface area contributed by atoms with Crippen molar-refractivity contribution in [1.29, 1.82) is 0 Å². The van der Waals surface area contributed by atoms with E-state index in [0.717, 1.165) is 35.2 Å². The van der Waals surface area contributed by atoms with E-state index in [1.807, 2.05) is 73.3 Å². The number of para-hydroxylation sites is 2. The normalized spacial score (nSPS) is 18.6. The number of nitrogens with zero attached hydrogens (tertiary/aromatic N) is 2. The SMILES string of the molecule is COc1cc2c(cc1OCc1cc(COc3cc4c(cc3C)C(=O)N3c5ccccc5C[C@H]3C(S(=O)(=O)O)N4)cc(NC(=O)CCC(C)(C)S)c1)CC[C@@H]1Cc3ccccc3N1C2=O. The molecular formula is C49H50N4O9S2. The summed E-state index contributed by atoms with van der Waals surface area (Å²) in [4.78, 5) is 44.7. The van der Waals surface area contributed by atoms with Crippen LogP contribution in [0.15, 0.2) is 91.0 Å². The zero-order valence-electron chi connectivity index (χ0n) is 36.0. The van der Waals surface area contributed by atoms with Gasteiger partial charge in [-0.2, -0.15) is 21.0 Å². The van der Waals surface area contributed by atoms with Crippen molar-refractivity contribution in [1.82, 2.24) is 0 Å². The van der Waals surface area contributed by atoms with Crippen LogP contribution in [0, 0.1) is 6.92 Å². The number of ether oxygens (including phenoxy) is 3. The van der Waals surface area contributed by atoms with E-state index >= 15 is 0 Å². The van der Waals surface area contributed by atoms with E-state index in [1.54, 1.807) is 44.4 Å². The van der Waals surface area contributed by atoms with Crippen molar-refractivity contribution in [3.63, 3.8) is 0 Å². The lowest BCUT2D eigenvalue weighted by Crippen LogP contribution is -2.49. The fourth-order valence-corrected chi connectivity index (χ4v) is 10.4. The Bertz CT molecular complexity index is 2820. The third-order valence-corrected chi connectivity index (χ3v) is 13.8. The minimum Gasteiger partial charge on any atom is -0.493 e. The molecular weight excluding hydrogens is 853 g/mol. The van der Waals surface area contributed by atoms with Crippen LogP contribution in [0.3, 0.4) is 0 Å². The van der Waals surface area contributed by atoms with Gasteiger partial charge in [-0.1, -0.05) is 50.2 Å². The molecule has 332 valence electrons. The van der Waals surface area contributed by atoms with E-state index in [9.17, 15) is 27.4 Å². The monoisotopic (exact) mass is 902 g/mol. The third-order valence-electron chi connectivity index (χ3n) is 12.5. The molecule has 0 spiro atoms. The van der Waals surface area contributed by atoms with Crippen molar-refractivity contribution in [3.05, 3.63) is 136 Å². The molecule has 4 aliphatic rings. The molecule has 0 aromatic heterocycles. The maximum atomic E-state index is 14.1. The first-order chi connectivity index (χ1) is 30.5. The van der Waals surface area contributed by atoms with E-state index in [-0.39, 0.29) is 59.9 Å². The van der Waals surface area contributed by atoms with E-state index < -0.39 is 27.4 Å². The van der Waals surface area contributed by atoms with Gasteiger partial charge in [-0.05, 0) is 121 Å². The number of aryl methyl sites for hydroxylation is 2. The molecule has 5 aromatic rings. The molecule has 4 heterocycles. The summed E-state index contributed by atoms with van der Waals surface area (Å²) in [5.41, 5.74) is 8.04. The van der Waals surface area contributed by atoms with Crippen LogP contribution in [-0.2, 0) is 47.4 Å². The topological polar surface area (TPSA) is 164 Å². The molecule has 3 amide bonds. The van der Waals surface area contributed by atoms with Gasteiger partial charge >= 0.3 is 0 Å². The fourth-order valence-electron chi connectivity index (χ4n) is 9.37. The highest BCUT2D eigenvalue weighted by Crippen LogP contribution is 2.43. The Hall–Kier alpha value is -6.03. The number of anilines is 4. The number of fused-ring (bicyclic) bond motifs is 8. The second-order valence-corrected chi connectivity index (χ2v) is 20.4. The standard InChI is InChI=1S/C49H50N4O9S2/c1-28-17-37-38(51-46(64(57,58)59)41-22-33-10-6-8-12-40(33)53(41)48(37)56)25-42(28)61-26-29-18-30(20-34(19-29)50-45(54)15-16-49(2,3)63)27-62-44-23-31-13-14-35-21-32-9-5-7-11-39(32)52(35)47(55)36(31)24-43(44)60-4/h5-12,17-20,23-25,35,41,46,51,63H,13-16,21-22,26-27H2,1-4H3,(H,50,54)(H,57,58,59)/t35-,41+,46?/m1/s1. The summed E-state index contributed by atoms with van der Waals surface area (Å²) < 4.78 is 54.4. The Morgan fingerprint density at radius 1 is 0.828 bits per heavy atom. The van der Waals surface area contributed by atoms with Crippen LogP contribution in [-0.4, -0.2) is 60.0 Å². The van der Waals surface area contributed by atoms with Gasteiger partial charge in [-0.15, -0.1) is 0 Å². The number of carbonyl (C=O) groups is 3. The Morgan fingerprint density at radius 3 is 2.14 bits per heavy atom. The number of amides is 3. The highest BCUT2D eigenvalue weighted by Gasteiger charge is 2.47. The van der Waals surface area contributed by atoms with Crippen molar-refractivity contribution >= 4 is 63.2 Å². The quantitative estimate of drug-likeness (QED) is 0.0708. The Balaban J connectivity index is 0.981. The van der Waals surface area contributed by atoms with Crippen molar-refractivity contribution in [2.45, 2.75) is 94.7 Å². The Labute approximate surface area is 378 Å². The van der Waals surface area contributed by atoms with E-state index in [0.29, 0.717) is 58.2 Å². The van der Waals surface area contributed by atoms with Crippen molar-refractivity contribution in [2.24, 2.45) is 0 Å². The van der Waals surface area contributed by atoms with Crippen molar-refractivity contribution in [2.75, 3.05) is 27.5 Å². The molecule has 4 aliphatic heterocycles. The zero-order chi connectivity index (χ0) is 45.1. The number of methoxy groups -OCH3 is 1. The van der Waals surface area contributed by atoms with Crippen LogP contribution >= 0.6 is 12.6 Å². The van der Waals surface area contributed by atoms with Crippen LogP contribution in [0.2, 0.25) is 0 Å². The Morgan fingerprint density at radius 2 is 1.47 bits per heavy atom. The average Bonchev–Trinajstić information content (AvgIpc) is 3.75. The van der Waals surface area contributed by atoms with Crippen LogP contribution in [0.1, 0.15) is 87.2 Å². The van der Waals surface area contributed by atoms with Gasteiger partial charge in [0.05, 0.1) is 24.4 Å². The number of carbonyl (C=O) groups excluding carboxylic acids is 3. The molecule has 0 fully saturated rings. The lowest BCUT2D eigenvalue weighted by atomic mass is 9.99. The smallest absolute Gasteiger partial charge is 0.288 e. The molecule has 15 heteroatoms. The molecule has 1 unspecified atom stereocenters. The third kappa shape index (κ3) is 8.51. The molecule has 0 radical (unpaired) electrons. The summed E-state index contributed by atoms with van der Waals surface area (Å²) in [5, 5.41) is 4.49. The molecule has 3 N–H and O–H groups in total. The number of benzene rings is 5. The van der Waals surface area contributed by atoms with Crippen molar-refractivity contribution in [3.8, 4) is 17.2 Å². The van der Waals surface area contributed by atoms with Gasteiger partial charge in [0.15, 0.2) is 16.9 Å². The summed E-state index contributed by atoms with van der Waals surface area (Å²) in [6.07, 6.45) is 3.37. The number of hydrogen-bond donors (Lipinski definition) is 4. The maximum absolute atomic E-state index is 14.1. The molecule has 0 saturated heterocycles. The predicted molar refractivity (Wildman–Crippen MR) is 249 cm³/mol. The van der Waals surface area contributed by atoms with Gasteiger partial charge in [0.2, 0.25) is 5.91 Å². The van der Waals surface area contributed by atoms with Crippen LogP contribution in [0.4, 0.5) is 22.7 Å².